The Bertz CT molecular complexity index is 1280. The number of hydrogen-bond acceptors (Lipinski definition) is 11. The lowest BCUT2D eigenvalue weighted by Crippen LogP contribution is -2.29. The first-order chi connectivity index (χ1) is 18.0. The van der Waals surface area contributed by atoms with E-state index in [1.807, 2.05) is 11.8 Å². The number of carbonyl (C=O) groups excluding carboxylic acids is 2. The molecule has 0 unspecified atom stereocenters. The number of nitro benzene ring substituents is 2. The van der Waals surface area contributed by atoms with Gasteiger partial charge in [0.1, 0.15) is 18.0 Å². The second-order valence-corrected chi connectivity index (χ2v) is 8.44. The number of carbonyl (C=O) groups is 2. The average molecular weight is 593 g/mol. The van der Waals surface area contributed by atoms with Crippen molar-refractivity contribution in [2.45, 2.75) is 20.3 Å². The third-order valence-corrected chi connectivity index (χ3v) is 5.51. The van der Waals surface area contributed by atoms with Gasteiger partial charge in [0, 0.05) is 31.7 Å². The van der Waals surface area contributed by atoms with Crippen LogP contribution in [0.5, 0.6) is 5.75 Å². The van der Waals surface area contributed by atoms with Crippen molar-refractivity contribution in [1.82, 2.24) is 0 Å². The van der Waals surface area contributed by atoms with Gasteiger partial charge in [0.15, 0.2) is 5.69 Å². The standard InChI is InChI=1S/C23H25BrN6O8/c1-5-7-28(8-9-38-22(32)6-2)19-12-17(25-14(3)31)18(13-21(19)37-4)26-27-23-16(24)10-15(29(33)34)11-20(23)30(35)36/h6,10-13H,2,5,7-9H2,1,3-4H3,(H,25,31)/b27-26+. The van der Waals surface area contributed by atoms with E-state index in [0.29, 0.717) is 24.5 Å². The van der Waals surface area contributed by atoms with Crippen LogP contribution < -0.4 is 15.0 Å². The van der Waals surface area contributed by atoms with Crippen LogP contribution in [0.15, 0.2) is 51.6 Å². The van der Waals surface area contributed by atoms with Crippen LogP contribution in [0.2, 0.25) is 0 Å². The third-order valence-electron chi connectivity index (χ3n) is 4.91. The smallest absolute Gasteiger partial charge is 0.330 e. The number of nitrogens with one attached hydrogen (secondary N) is 1. The van der Waals surface area contributed by atoms with Gasteiger partial charge in [-0.15, -0.1) is 10.2 Å². The second-order valence-electron chi connectivity index (χ2n) is 7.59. The summed E-state index contributed by atoms with van der Waals surface area (Å²) in [5, 5.41) is 33.3. The number of non-ortho nitro benzene ring substituents is 1. The van der Waals surface area contributed by atoms with Gasteiger partial charge in [-0.25, -0.2) is 4.79 Å². The number of esters is 1. The van der Waals surface area contributed by atoms with Crippen LogP contribution in [0.25, 0.3) is 0 Å². The lowest BCUT2D eigenvalue weighted by Gasteiger charge is -2.27. The number of ether oxygens (including phenoxy) is 2. The fraction of sp³-hybridized carbons (Fsp3) is 0.304. The van der Waals surface area contributed by atoms with Gasteiger partial charge in [0.25, 0.3) is 5.69 Å². The van der Waals surface area contributed by atoms with Crippen molar-refractivity contribution >= 4 is 61.9 Å². The number of anilines is 2. The maximum absolute atomic E-state index is 11.9. The molecule has 0 aliphatic carbocycles. The highest BCUT2D eigenvalue weighted by Crippen LogP contribution is 2.43. The maximum atomic E-state index is 11.9. The Labute approximate surface area is 225 Å². The van der Waals surface area contributed by atoms with Crippen LogP contribution in [0.4, 0.5) is 34.1 Å². The molecule has 0 aliphatic heterocycles. The van der Waals surface area contributed by atoms with Crippen LogP contribution in [0.3, 0.4) is 0 Å². The zero-order valence-electron chi connectivity index (χ0n) is 20.8. The molecule has 38 heavy (non-hydrogen) atoms. The number of methoxy groups -OCH3 is 1. The molecule has 2 aromatic carbocycles. The maximum Gasteiger partial charge on any atom is 0.330 e. The van der Waals surface area contributed by atoms with Crippen molar-refractivity contribution in [2.75, 3.05) is 37.0 Å². The zero-order chi connectivity index (χ0) is 28.4. The van der Waals surface area contributed by atoms with Crippen molar-refractivity contribution in [3.05, 3.63) is 61.6 Å². The molecule has 0 bridgehead atoms. The molecule has 2 rings (SSSR count). The first-order valence-electron chi connectivity index (χ1n) is 11.1. The number of azo groups is 1. The Morgan fingerprint density at radius 3 is 2.42 bits per heavy atom. The first kappa shape index (κ1) is 29.8. The molecule has 0 aromatic heterocycles. The molecule has 2 aromatic rings. The molecule has 0 saturated carbocycles. The number of halogens is 1. The molecule has 0 spiro atoms. The summed E-state index contributed by atoms with van der Waals surface area (Å²) in [6.45, 7) is 7.56. The SMILES string of the molecule is C=CC(=O)OCCN(CCC)c1cc(NC(C)=O)c(/N=N/c2c(Br)cc([N+](=O)[O-])cc2[N+](=O)[O-])cc1OC. The molecule has 15 heteroatoms. The van der Waals surface area contributed by atoms with Gasteiger partial charge in [0.05, 0.1) is 45.4 Å². The highest BCUT2D eigenvalue weighted by atomic mass is 79.9. The van der Waals surface area contributed by atoms with E-state index in [-0.39, 0.29) is 28.1 Å². The van der Waals surface area contributed by atoms with Crippen molar-refractivity contribution in [3.63, 3.8) is 0 Å². The van der Waals surface area contributed by atoms with Gasteiger partial charge in [-0.2, -0.15) is 0 Å². The largest absolute Gasteiger partial charge is 0.494 e. The lowest BCUT2D eigenvalue weighted by molar-refractivity contribution is -0.393. The predicted molar refractivity (Wildman–Crippen MR) is 143 cm³/mol. The molecular formula is C23H25BrN6O8. The Hall–Kier alpha value is -4.40. The quantitative estimate of drug-likeness (QED) is 0.102. The fourth-order valence-electron chi connectivity index (χ4n) is 3.30. The Kier molecular flexibility index (Phi) is 10.8. The number of rotatable bonds is 13. The molecule has 0 aliphatic rings. The molecule has 0 atom stereocenters. The molecule has 1 amide bonds. The van der Waals surface area contributed by atoms with E-state index in [1.165, 1.54) is 20.1 Å². The van der Waals surface area contributed by atoms with Crippen molar-refractivity contribution in [2.24, 2.45) is 10.2 Å². The number of nitrogens with zero attached hydrogens (tertiary/aromatic N) is 5. The zero-order valence-corrected chi connectivity index (χ0v) is 22.4. The van der Waals surface area contributed by atoms with Crippen molar-refractivity contribution < 1.29 is 28.9 Å². The summed E-state index contributed by atoms with van der Waals surface area (Å²) in [7, 11) is 1.43. The van der Waals surface area contributed by atoms with Crippen LogP contribution in [-0.2, 0) is 14.3 Å². The number of amides is 1. The molecule has 202 valence electrons. The highest BCUT2D eigenvalue weighted by Gasteiger charge is 2.24. The third kappa shape index (κ3) is 7.80. The van der Waals surface area contributed by atoms with Gasteiger partial charge < -0.3 is 19.7 Å². The van der Waals surface area contributed by atoms with Crippen LogP contribution in [0, 0.1) is 20.2 Å². The summed E-state index contributed by atoms with van der Waals surface area (Å²) in [6.07, 6.45) is 1.81. The van der Waals surface area contributed by atoms with Crippen LogP contribution in [0.1, 0.15) is 20.3 Å². The van der Waals surface area contributed by atoms with Gasteiger partial charge in [-0.05, 0) is 28.4 Å². The van der Waals surface area contributed by atoms with E-state index in [1.54, 1.807) is 6.07 Å². The van der Waals surface area contributed by atoms with Crippen molar-refractivity contribution in [1.29, 1.82) is 0 Å². The minimum absolute atomic E-state index is 0.0185. The van der Waals surface area contributed by atoms with E-state index in [2.05, 4.69) is 38.1 Å². The monoisotopic (exact) mass is 592 g/mol. The van der Waals surface area contributed by atoms with Crippen molar-refractivity contribution in [3.8, 4) is 5.75 Å². The molecule has 0 radical (unpaired) electrons. The minimum atomic E-state index is -0.813. The molecule has 0 heterocycles. The van der Waals surface area contributed by atoms with E-state index in [9.17, 15) is 29.8 Å². The van der Waals surface area contributed by atoms with Crippen LogP contribution in [-0.4, -0.2) is 48.5 Å². The second kappa shape index (κ2) is 13.8. The molecule has 0 fully saturated rings. The van der Waals surface area contributed by atoms with E-state index >= 15 is 0 Å². The Balaban J connectivity index is 2.59. The van der Waals surface area contributed by atoms with E-state index in [0.717, 1.165) is 24.6 Å². The summed E-state index contributed by atoms with van der Waals surface area (Å²) >= 11 is 3.08. The topological polar surface area (TPSA) is 179 Å². The number of benzene rings is 2. The van der Waals surface area contributed by atoms with Gasteiger partial charge in [0.2, 0.25) is 5.91 Å². The van der Waals surface area contributed by atoms with E-state index in [4.69, 9.17) is 9.47 Å². The summed E-state index contributed by atoms with van der Waals surface area (Å²) in [4.78, 5) is 46.3. The Morgan fingerprint density at radius 2 is 1.87 bits per heavy atom. The van der Waals surface area contributed by atoms with Gasteiger partial charge in [-0.1, -0.05) is 13.5 Å². The fourth-order valence-corrected chi connectivity index (χ4v) is 3.81. The number of nitro groups is 2. The van der Waals surface area contributed by atoms with Crippen LogP contribution >= 0.6 is 15.9 Å². The summed E-state index contributed by atoms with van der Waals surface area (Å²) in [6, 6.07) is 4.92. The lowest BCUT2D eigenvalue weighted by atomic mass is 10.2. The molecule has 14 nitrogen and oxygen atoms in total. The van der Waals surface area contributed by atoms with E-state index < -0.39 is 33.1 Å². The summed E-state index contributed by atoms with van der Waals surface area (Å²) in [5.74, 6) is -0.634. The van der Waals surface area contributed by atoms with Gasteiger partial charge >= 0.3 is 11.7 Å². The Morgan fingerprint density at radius 1 is 1.16 bits per heavy atom. The number of hydrogen-bond donors (Lipinski definition) is 1. The highest BCUT2D eigenvalue weighted by molar-refractivity contribution is 9.10. The molecule has 0 saturated heterocycles. The van der Waals surface area contributed by atoms with Gasteiger partial charge in [-0.3, -0.25) is 25.0 Å². The summed E-state index contributed by atoms with van der Waals surface area (Å²) < 4.78 is 10.6. The average Bonchev–Trinajstić information content (AvgIpc) is 2.86. The minimum Gasteiger partial charge on any atom is -0.494 e. The predicted octanol–water partition coefficient (Wildman–Crippen LogP) is 5.59. The first-order valence-corrected chi connectivity index (χ1v) is 11.9. The normalized spacial score (nSPS) is 10.6. The summed E-state index contributed by atoms with van der Waals surface area (Å²) in [5.41, 5.74) is -0.495. The molecule has 1 N–H and O–H groups in total. The molecular weight excluding hydrogens is 568 g/mol.